The molecule has 1 aromatic heterocycles. The van der Waals surface area contributed by atoms with Gasteiger partial charge in [0, 0.05) is 34.9 Å². The summed E-state index contributed by atoms with van der Waals surface area (Å²) < 4.78 is 12.5. The molecule has 0 bridgehead atoms. The molecule has 1 aliphatic heterocycles. The molecule has 2 heterocycles. The number of benzene rings is 1. The van der Waals surface area contributed by atoms with Gasteiger partial charge in [-0.1, -0.05) is 37.0 Å². The van der Waals surface area contributed by atoms with Crippen LogP contribution < -0.4 is 0 Å². The van der Waals surface area contributed by atoms with Gasteiger partial charge in [0.15, 0.2) is 0 Å². The normalized spacial score (nSPS) is 17.7. The highest BCUT2D eigenvalue weighted by Crippen LogP contribution is 2.25. The predicted octanol–water partition coefficient (Wildman–Crippen LogP) is 3.94. The van der Waals surface area contributed by atoms with Crippen LogP contribution in [0.25, 0.3) is 0 Å². The van der Waals surface area contributed by atoms with Crippen molar-refractivity contribution in [3.05, 3.63) is 52.0 Å². The minimum atomic E-state index is -0.591. The summed E-state index contributed by atoms with van der Waals surface area (Å²) in [4.78, 5) is 31.2. The van der Waals surface area contributed by atoms with Crippen LogP contribution in [0.1, 0.15) is 38.4 Å². The Hall–Kier alpha value is -2.09. The lowest BCUT2D eigenvalue weighted by molar-refractivity contribution is -0.151. The Morgan fingerprint density at radius 3 is 2.65 bits per heavy atom. The minimum absolute atomic E-state index is 0.0672. The summed E-state index contributed by atoms with van der Waals surface area (Å²) in [6, 6.07) is 4.23. The Bertz CT molecular complexity index is 911. The summed E-state index contributed by atoms with van der Waals surface area (Å²) in [5.74, 6) is -0.429. The first kappa shape index (κ1) is 23.6. The van der Waals surface area contributed by atoms with E-state index >= 15 is 0 Å². The smallest absolute Gasteiger partial charge is 0.325 e. The Morgan fingerprint density at radius 1 is 1.29 bits per heavy atom. The zero-order valence-corrected chi connectivity index (χ0v) is 19.4. The van der Waals surface area contributed by atoms with E-state index < -0.39 is 12.1 Å². The van der Waals surface area contributed by atoms with Crippen molar-refractivity contribution in [2.45, 2.75) is 52.2 Å². The molecule has 1 aliphatic rings. The van der Waals surface area contributed by atoms with Crippen LogP contribution in [-0.2, 0) is 32.0 Å². The SMILES string of the molecule is CCOC(=O)[C@H](CC(C)C)N1COC(=O)C1Cc1cncn1Cc1cc(Cl)cc(Cl)c1. The molecular formula is C22H27Cl2N3O4. The van der Waals surface area contributed by atoms with E-state index in [4.69, 9.17) is 32.7 Å². The summed E-state index contributed by atoms with van der Waals surface area (Å²) in [5, 5.41) is 1.11. The maximum atomic E-state index is 12.6. The predicted molar refractivity (Wildman–Crippen MR) is 118 cm³/mol. The number of hydrogen-bond acceptors (Lipinski definition) is 6. The molecular weight excluding hydrogens is 441 g/mol. The number of nitrogens with zero attached hydrogens (tertiary/aromatic N) is 3. The van der Waals surface area contributed by atoms with Crippen LogP contribution in [0, 0.1) is 5.92 Å². The number of halogens is 2. The van der Waals surface area contributed by atoms with E-state index in [-0.39, 0.29) is 31.2 Å². The van der Waals surface area contributed by atoms with E-state index in [1.54, 1.807) is 30.4 Å². The number of hydrogen-bond donors (Lipinski definition) is 0. The van der Waals surface area contributed by atoms with Gasteiger partial charge in [-0.05, 0) is 43.0 Å². The molecule has 1 aromatic carbocycles. The second-order valence-corrected chi connectivity index (χ2v) is 8.89. The molecule has 0 spiro atoms. The van der Waals surface area contributed by atoms with E-state index in [2.05, 4.69) is 4.98 Å². The number of rotatable bonds is 9. The van der Waals surface area contributed by atoms with Gasteiger partial charge in [-0.25, -0.2) is 9.88 Å². The van der Waals surface area contributed by atoms with E-state index in [1.807, 2.05) is 30.5 Å². The summed E-state index contributed by atoms with van der Waals surface area (Å²) >= 11 is 12.2. The van der Waals surface area contributed by atoms with Crippen molar-refractivity contribution < 1.29 is 19.1 Å². The molecule has 0 saturated carbocycles. The van der Waals surface area contributed by atoms with Gasteiger partial charge in [-0.2, -0.15) is 0 Å². The second-order valence-electron chi connectivity index (χ2n) is 8.01. The molecule has 168 valence electrons. The number of cyclic esters (lactones) is 1. The maximum Gasteiger partial charge on any atom is 0.325 e. The first-order valence-corrected chi connectivity index (χ1v) is 11.1. The quantitative estimate of drug-likeness (QED) is 0.519. The molecule has 31 heavy (non-hydrogen) atoms. The molecule has 2 aromatic rings. The van der Waals surface area contributed by atoms with Gasteiger partial charge in [0.1, 0.15) is 18.8 Å². The number of ether oxygens (including phenoxy) is 2. The molecule has 9 heteroatoms. The largest absolute Gasteiger partial charge is 0.465 e. The first-order chi connectivity index (χ1) is 14.8. The monoisotopic (exact) mass is 467 g/mol. The summed E-state index contributed by atoms with van der Waals surface area (Å²) in [6.45, 7) is 6.70. The lowest BCUT2D eigenvalue weighted by atomic mass is 10.00. The van der Waals surface area contributed by atoms with Gasteiger partial charge in [-0.15, -0.1) is 0 Å². The fraction of sp³-hybridized carbons (Fsp3) is 0.500. The molecule has 1 fully saturated rings. The minimum Gasteiger partial charge on any atom is -0.465 e. The first-order valence-electron chi connectivity index (χ1n) is 10.3. The lowest BCUT2D eigenvalue weighted by Gasteiger charge is -2.29. The van der Waals surface area contributed by atoms with E-state index in [0.29, 0.717) is 29.4 Å². The maximum absolute atomic E-state index is 12.6. The summed E-state index contributed by atoms with van der Waals surface area (Å²) in [5.41, 5.74) is 1.77. The van der Waals surface area contributed by atoms with E-state index in [9.17, 15) is 9.59 Å². The van der Waals surface area contributed by atoms with Crippen molar-refractivity contribution in [2.75, 3.05) is 13.3 Å². The highest BCUT2D eigenvalue weighted by atomic mass is 35.5. The van der Waals surface area contributed by atoms with Crippen LogP contribution in [0.15, 0.2) is 30.7 Å². The number of carbonyl (C=O) groups is 2. The Balaban J connectivity index is 1.81. The van der Waals surface area contributed by atoms with Gasteiger partial charge in [0.25, 0.3) is 0 Å². The summed E-state index contributed by atoms with van der Waals surface area (Å²) in [7, 11) is 0. The zero-order valence-electron chi connectivity index (χ0n) is 17.9. The van der Waals surface area contributed by atoms with Crippen molar-refractivity contribution in [1.29, 1.82) is 0 Å². The van der Waals surface area contributed by atoms with E-state index in [1.165, 1.54) is 0 Å². The molecule has 0 radical (unpaired) electrons. The van der Waals surface area contributed by atoms with Crippen molar-refractivity contribution in [3.8, 4) is 0 Å². The molecule has 0 aliphatic carbocycles. The van der Waals surface area contributed by atoms with Crippen LogP contribution in [0.5, 0.6) is 0 Å². The zero-order chi connectivity index (χ0) is 22.5. The highest BCUT2D eigenvalue weighted by Gasteiger charge is 2.42. The van der Waals surface area contributed by atoms with Crippen molar-refractivity contribution >= 4 is 35.1 Å². The number of carbonyl (C=O) groups excluding carboxylic acids is 2. The van der Waals surface area contributed by atoms with Crippen LogP contribution in [0.2, 0.25) is 10.0 Å². The molecule has 3 rings (SSSR count). The number of imidazole rings is 1. The number of aromatic nitrogens is 2. The van der Waals surface area contributed by atoms with Gasteiger partial charge in [0.05, 0.1) is 12.9 Å². The number of esters is 2. The topological polar surface area (TPSA) is 73.7 Å². The van der Waals surface area contributed by atoms with Gasteiger partial charge in [0.2, 0.25) is 0 Å². The van der Waals surface area contributed by atoms with Crippen LogP contribution in [0.3, 0.4) is 0 Å². The van der Waals surface area contributed by atoms with Crippen LogP contribution in [0.4, 0.5) is 0 Å². The third-order valence-corrected chi connectivity index (χ3v) is 5.59. The van der Waals surface area contributed by atoms with Gasteiger partial charge < -0.3 is 14.0 Å². The molecule has 1 saturated heterocycles. The van der Waals surface area contributed by atoms with Gasteiger partial charge in [-0.3, -0.25) is 9.59 Å². The molecule has 0 N–H and O–H groups in total. The van der Waals surface area contributed by atoms with Crippen molar-refractivity contribution in [1.82, 2.24) is 14.5 Å². The van der Waals surface area contributed by atoms with E-state index in [0.717, 1.165) is 11.3 Å². The van der Waals surface area contributed by atoms with Gasteiger partial charge >= 0.3 is 11.9 Å². The Morgan fingerprint density at radius 2 is 2.00 bits per heavy atom. The summed E-state index contributed by atoms with van der Waals surface area (Å²) in [6.07, 6.45) is 4.36. The fourth-order valence-corrected chi connectivity index (χ4v) is 4.35. The van der Waals surface area contributed by atoms with Crippen LogP contribution in [-0.4, -0.2) is 51.8 Å². The van der Waals surface area contributed by atoms with Crippen molar-refractivity contribution in [2.24, 2.45) is 5.92 Å². The standard InChI is InChI=1S/C22H27Cl2N3O4/c1-4-30-21(28)19(5-14(2)3)27-13-31-22(29)20(27)9-18-10-25-12-26(18)11-15-6-16(23)8-17(24)7-15/h6-8,10,12,14,19-20H,4-5,9,11,13H2,1-3H3/t19-,20?/m0/s1. The average Bonchev–Trinajstić information content (AvgIpc) is 3.26. The van der Waals surface area contributed by atoms with Crippen molar-refractivity contribution in [3.63, 3.8) is 0 Å². The lowest BCUT2D eigenvalue weighted by Crippen LogP contribution is -2.48. The highest BCUT2D eigenvalue weighted by molar-refractivity contribution is 6.34. The fourth-order valence-electron chi connectivity index (χ4n) is 3.78. The van der Waals surface area contributed by atoms with Crippen LogP contribution >= 0.6 is 23.2 Å². The Kier molecular flexibility index (Phi) is 7.97. The average molecular weight is 468 g/mol. The molecule has 2 atom stereocenters. The Labute approximate surface area is 192 Å². The molecule has 0 amide bonds. The molecule has 7 nitrogen and oxygen atoms in total. The third kappa shape index (κ3) is 5.99. The molecule has 1 unspecified atom stereocenters. The second kappa shape index (κ2) is 10.5. The third-order valence-electron chi connectivity index (χ3n) is 5.16.